The van der Waals surface area contributed by atoms with Crippen LogP contribution in [0.25, 0.3) is 22.3 Å². The average Bonchev–Trinajstić information content (AvgIpc) is 3.71. The third-order valence-corrected chi connectivity index (χ3v) is 10.0. The van der Waals surface area contributed by atoms with Crippen molar-refractivity contribution >= 4 is 34.2 Å². The molecule has 0 radical (unpaired) electrons. The maximum Gasteiger partial charge on any atom is 0.330 e. The predicted molar refractivity (Wildman–Crippen MR) is 183 cm³/mol. The van der Waals surface area contributed by atoms with Crippen LogP contribution in [-0.4, -0.2) is 46.1 Å². The minimum absolute atomic E-state index is 0.421. The minimum Gasteiger partial charge on any atom is -0.466 e. The van der Waals surface area contributed by atoms with Crippen molar-refractivity contribution in [3.63, 3.8) is 0 Å². The Balaban J connectivity index is 2.08. The van der Waals surface area contributed by atoms with E-state index in [2.05, 4.69) is 89.2 Å². The number of fused-ring (bicyclic) bond motifs is 8. The number of hydrogen-bond acceptors (Lipinski definition) is 4. The molecule has 8 bridgehead atoms. The Hall–Kier alpha value is -4.98. The maximum absolute atomic E-state index is 12.3. The Kier molecular flexibility index (Phi) is 8.51. The first-order valence-electron chi connectivity index (χ1n) is 15.5. The van der Waals surface area contributed by atoms with E-state index in [1.165, 1.54) is 26.4 Å². The number of carbonyl (C=O) groups excluding carboxylic acids is 2. The second-order valence-electron chi connectivity index (χ2n) is 12.3. The second kappa shape index (κ2) is 12.1. The number of rotatable bonds is 4. The van der Waals surface area contributed by atoms with Crippen LogP contribution in [0.3, 0.4) is 0 Å². The summed E-state index contributed by atoms with van der Waals surface area (Å²) in [6.45, 7) is 21.1. The Bertz CT molecular complexity index is 2100. The van der Waals surface area contributed by atoms with Crippen LogP contribution in [0.1, 0.15) is 81.1 Å². The van der Waals surface area contributed by atoms with Crippen LogP contribution >= 0.6 is 0 Å². The lowest BCUT2D eigenvalue weighted by Crippen LogP contribution is -2.18. The highest BCUT2D eigenvalue weighted by atomic mass is 16.5. The monoisotopic (exact) mass is 620 g/mol. The number of aromatic nitrogens is 4. The fraction of sp³-hybridized carbons (Fsp3) is 0.316. The van der Waals surface area contributed by atoms with Gasteiger partial charge in [-0.1, -0.05) is 0 Å². The Labute approximate surface area is 269 Å². The highest BCUT2D eigenvalue weighted by molar-refractivity contribution is 5.89. The molecule has 0 aromatic carbocycles. The van der Waals surface area contributed by atoms with Crippen LogP contribution in [0, 0.1) is 55.4 Å². The van der Waals surface area contributed by atoms with Gasteiger partial charge in [0, 0.05) is 45.4 Å². The first kappa shape index (κ1) is 32.4. The van der Waals surface area contributed by atoms with Gasteiger partial charge in [0.1, 0.15) is 0 Å². The molecule has 8 nitrogen and oxygen atoms in total. The number of nitrogens with one attached hydrogen (secondary N) is 4. The van der Waals surface area contributed by atoms with Crippen LogP contribution in [0.5, 0.6) is 0 Å². The first-order chi connectivity index (χ1) is 21.7. The van der Waals surface area contributed by atoms with E-state index in [0.717, 1.165) is 111 Å². The van der Waals surface area contributed by atoms with Gasteiger partial charge in [0.2, 0.25) is 0 Å². The smallest absolute Gasteiger partial charge is 0.330 e. The molecule has 5 rings (SSSR count). The minimum atomic E-state index is -0.421. The van der Waals surface area contributed by atoms with E-state index in [4.69, 9.17) is 9.47 Å². The summed E-state index contributed by atoms with van der Waals surface area (Å²) in [5, 5.41) is 3.86. The molecule has 0 saturated carbocycles. The van der Waals surface area contributed by atoms with Crippen molar-refractivity contribution in [2.45, 2.75) is 69.2 Å². The van der Waals surface area contributed by atoms with Crippen molar-refractivity contribution in [1.29, 1.82) is 0 Å². The van der Waals surface area contributed by atoms with Gasteiger partial charge in [0.15, 0.2) is 0 Å². The molecule has 0 fully saturated rings. The zero-order valence-electron chi connectivity index (χ0n) is 28.9. The van der Waals surface area contributed by atoms with Crippen molar-refractivity contribution in [3.8, 4) is 0 Å². The number of H-pyrrole nitrogens is 4. The molecule has 4 aromatic heterocycles. The van der Waals surface area contributed by atoms with E-state index < -0.39 is 11.9 Å². The Morgan fingerprint density at radius 2 is 0.739 bits per heavy atom. The highest BCUT2D eigenvalue weighted by Gasteiger charge is 2.21. The molecule has 0 saturated heterocycles. The molecule has 8 heteroatoms. The number of allylic oxidation sites excluding steroid dienone is 2. The SMILES string of the molecule is COC(=O)/C=C/C1=c2[nH]c(c(C)c2C)=C(C)c2[nH]c(c(C)c2C)C(/C=C/C(=O)OC)=c2[nH]c(c(C)c2C)=C(C)c2[nH]c1c(C)c2C. The standard InChI is InChI=1S/C38H44N4O4/c1-17-21(5)35-27(13-15-29(43)45-11)36-23(7)19(3)33(41-36)26(10)34-20(4)24(8)38(42-34)28(14-16-30(44)46-12)37-22(6)18(2)32(40-37)25(9)31(17)39-35/h13-16,39-42H,1-12H3/b15-13+,16-14+,31-25?,32-25?,33-26?,34-26?,35-27?,36-27?,37-28?,38-28?. The summed E-state index contributed by atoms with van der Waals surface area (Å²) >= 11 is 0. The van der Waals surface area contributed by atoms with E-state index in [9.17, 15) is 9.59 Å². The highest BCUT2D eigenvalue weighted by Crippen LogP contribution is 2.29. The van der Waals surface area contributed by atoms with Gasteiger partial charge in [-0.2, -0.15) is 0 Å². The molecule has 0 spiro atoms. The summed E-state index contributed by atoms with van der Waals surface area (Å²) < 4.78 is 9.93. The van der Waals surface area contributed by atoms with Gasteiger partial charge in [0.05, 0.1) is 36.3 Å². The largest absolute Gasteiger partial charge is 0.466 e. The summed E-state index contributed by atoms with van der Waals surface area (Å²) in [7, 11) is 2.77. The van der Waals surface area contributed by atoms with Gasteiger partial charge in [-0.3, -0.25) is 0 Å². The summed E-state index contributed by atoms with van der Waals surface area (Å²) in [4.78, 5) is 39.6. The average molecular weight is 621 g/mol. The van der Waals surface area contributed by atoms with Gasteiger partial charge in [-0.05, 0) is 137 Å². The zero-order valence-corrected chi connectivity index (χ0v) is 28.9. The molecule has 0 atom stereocenters. The van der Waals surface area contributed by atoms with E-state index >= 15 is 0 Å². The molecule has 240 valence electrons. The molecule has 0 unspecified atom stereocenters. The van der Waals surface area contributed by atoms with E-state index in [-0.39, 0.29) is 0 Å². The summed E-state index contributed by atoms with van der Waals surface area (Å²) in [5.74, 6) is -0.841. The zero-order chi connectivity index (χ0) is 33.8. The van der Waals surface area contributed by atoms with Crippen LogP contribution in [-0.2, 0) is 19.1 Å². The molecule has 4 aromatic rings. The van der Waals surface area contributed by atoms with Gasteiger partial charge in [-0.25, -0.2) is 9.59 Å². The molecule has 5 heterocycles. The molecule has 4 N–H and O–H groups in total. The lowest BCUT2D eigenvalue weighted by molar-refractivity contribution is -0.135. The Morgan fingerprint density at radius 3 is 1.07 bits per heavy atom. The van der Waals surface area contributed by atoms with Gasteiger partial charge in [0.25, 0.3) is 0 Å². The van der Waals surface area contributed by atoms with E-state index in [1.807, 2.05) is 12.2 Å². The number of ether oxygens (including phenoxy) is 2. The normalized spacial score (nSPS) is 13.5. The van der Waals surface area contributed by atoms with Gasteiger partial charge < -0.3 is 29.4 Å². The van der Waals surface area contributed by atoms with Crippen LogP contribution < -0.4 is 21.4 Å². The first-order valence-corrected chi connectivity index (χ1v) is 15.5. The number of methoxy groups -OCH3 is 2. The fourth-order valence-corrected chi connectivity index (χ4v) is 6.60. The predicted octanol–water partition coefficient (Wildman–Crippen LogP) is 4.07. The molecular formula is C38H44N4O4. The number of hydrogen-bond donors (Lipinski definition) is 4. The Morgan fingerprint density at radius 1 is 0.435 bits per heavy atom. The van der Waals surface area contributed by atoms with Crippen LogP contribution in [0.2, 0.25) is 0 Å². The van der Waals surface area contributed by atoms with Crippen molar-refractivity contribution < 1.29 is 19.1 Å². The number of carbonyl (C=O) groups is 2. The summed E-state index contributed by atoms with van der Waals surface area (Å²) in [6.07, 6.45) is 6.62. The van der Waals surface area contributed by atoms with Crippen molar-refractivity contribution in [3.05, 3.63) is 113 Å². The van der Waals surface area contributed by atoms with Crippen molar-refractivity contribution in [2.75, 3.05) is 14.2 Å². The molecule has 46 heavy (non-hydrogen) atoms. The second-order valence-corrected chi connectivity index (χ2v) is 12.3. The van der Waals surface area contributed by atoms with Crippen molar-refractivity contribution in [2.24, 2.45) is 0 Å². The van der Waals surface area contributed by atoms with E-state index in [1.54, 1.807) is 0 Å². The maximum atomic E-state index is 12.3. The van der Waals surface area contributed by atoms with Crippen LogP contribution in [0.15, 0.2) is 24.3 Å². The van der Waals surface area contributed by atoms with E-state index in [0.29, 0.717) is 0 Å². The third kappa shape index (κ3) is 5.11. The molecule has 1 aliphatic rings. The fourth-order valence-electron chi connectivity index (χ4n) is 6.60. The molecule has 0 aliphatic carbocycles. The number of aromatic amines is 4. The number of esters is 2. The molecule has 0 amide bonds. The molecule has 1 aliphatic heterocycles. The van der Waals surface area contributed by atoms with Crippen LogP contribution in [0.4, 0.5) is 0 Å². The molecular weight excluding hydrogens is 576 g/mol. The topological polar surface area (TPSA) is 116 Å². The quantitative estimate of drug-likeness (QED) is 0.203. The third-order valence-electron chi connectivity index (χ3n) is 10.0. The lowest BCUT2D eigenvalue weighted by atomic mass is 10.0. The van der Waals surface area contributed by atoms with Gasteiger partial charge >= 0.3 is 11.9 Å². The van der Waals surface area contributed by atoms with Crippen molar-refractivity contribution in [1.82, 2.24) is 19.9 Å². The van der Waals surface area contributed by atoms with Gasteiger partial charge in [-0.15, -0.1) is 0 Å². The lowest BCUT2D eigenvalue weighted by Gasteiger charge is -2.04. The summed E-state index contributed by atoms with van der Waals surface area (Å²) in [6, 6.07) is 0. The summed E-state index contributed by atoms with van der Waals surface area (Å²) in [5.41, 5.74) is 16.6.